The van der Waals surface area contributed by atoms with Crippen LogP contribution in [0, 0.1) is 5.92 Å². The van der Waals surface area contributed by atoms with E-state index in [1.54, 1.807) is 4.68 Å². The fourth-order valence-corrected chi connectivity index (χ4v) is 4.66. The van der Waals surface area contributed by atoms with E-state index < -0.39 is 5.60 Å². The maximum atomic E-state index is 13.1. The van der Waals surface area contributed by atoms with Gasteiger partial charge in [0.05, 0.1) is 25.4 Å². The van der Waals surface area contributed by atoms with Gasteiger partial charge in [-0.05, 0) is 32.1 Å². The summed E-state index contributed by atoms with van der Waals surface area (Å²) in [6, 6.07) is 0.549. The molecule has 1 aromatic rings. The number of hydrogen-bond donors (Lipinski definition) is 1. The van der Waals surface area contributed by atoms with Gasteiger partial charge < -0.3 is 15.0 Å². The van der Waals surface area contributed by atoms with Crippen LogP contribution in [0.1, 0.15) is 44.6 Å². The van der Waals surface area contributed by atoms with Gasteiger partial charge in [-0.3, -0.25) is 9.48 Å². The monoisotopic (exact) mass is 404 g/mol. The summed E-state index contributed by atoms with van der Waals surface area (Å²) in [4.78, 5) is 15.0. The van der Waals surface area contributed by atoms with E-state index in [2.05, 4.69) is 17.3 Å². The average Bonchev–Trinajstić information content (AvgIpc) is 3.20. The van der Waals surface area contributed by atoms with Crippen molar-refractivity contribution in [1.82, 2.24) is 20.0 Å². The summed E-state index contributed by atoms with van der Waals surface area (Å²) in [5.74, 6) is 0.946. The SMILES string of the molecule is Cl.Cl.Cn1cc(C2(C)CN(C(=O)C3CC4CCCCC4N3)CCO2)cn1. The Morgan fingerprint density at radius 1 is 1.35 bits per heavy atom. The van der Waals surface area contributed by atoms with Crippen molar-refractivity contribution in [3.63, 3.8) is 0 Å². The van der Waals surface area contributed by atoms with Crippen LogP contribution in [0.5, 0.6) is 0 Å². The van der Waals surface area contributed by atoms with Crippen LogP contribution in [0.4, 0.5) is 0 Å². The molecule has 1 N–H and O–H groups in total. The van der Waals surface area contributed by atoms with Crippen molar-refractivity contribution >= 4 is 30.7 Å². The Labute approximate surface area is 167 Å². The Hall–Kier alpha value is -0.820. The molecule has 1 amide bonds. The lowest BCUT2D eigenvalue weighted by molar-refractivity contribution is -0.151. The van der Waals surface area contributed by atoms with Gasteiger partial charge in [-0.15, -0.1) is 24.8 Å². The van der Waals surface area contributed by atoms with Crippen LogP contribution in [-0.4, -0.2) is 52.4 Å². The smallest absolute Gasteiger partial charge is 0.239 e. The summed E-state index contributed by atoms with van der Waals surface area (Å²) >= 11 is 0. The first-order chi connectivity index (χ1) is 11.5. The molecule has 148 valence electrons. The van der Waals surface area contributed by atoms with Crippen molar-refractivity contribution < 1.29 is 9.53 Å². The van der Waals surface area contributed by atoms with Gasteiger partial charge in [0.1, 0.15) is 5.60 Å². The fraction of sp³-hybridized carbons (Fsp3) is 0.778. The van der Waals surface area contributed by atoms with Crippen LogP contribution in [-0.2, 0) is 22.2 Å². The molecule has 1 aliphatic carbocycles. The molecule has 0 aromatic carbocycles. The van der Waals surface area contributed by atoms with E-state index in [1.807, 2.05) is 24.3 Å². The topological polar surface area (TPSA) is 59.4 Å². The maximum absolute atomic E-state index is 13.1. The van der Waals surface area contributed by atoms with Crippen molar-refractivity contribution in [2.45, 2.75) is 56.7 Å². The van der Waals surface area contributed by atoms with E-state index in [0.29, 0.717) is 31.7 Å². The van der Waals surface area contributed by atoms with Crippen LogP contribution in [0.15, 0.2) is 12.4 Å². The minimum atomic E-state index is -0.465. The summed E-state index contributed by atoms with van der Waals surface area (Å²) in [5, 5.41) is 7.87. The molecule has 26 heavy (non-hydrogen) atoms. The van der Waals surface area contributed by atoms with Gasteiger partial charge in [0.15, 0.2) is 0 Å². The first kappa shape index (κ1) is 21.5. The molecule has 0 spiro atoms. The predicted molar refractivity (Wildman–Crippen MR) is 105 cm³/mol. The molecule has 1 aromatic heterocycles. The molecule has 2 saturated heterocycles. The summed E-state index contributed by atoms with van der Waals surface area (Å²) in [7, 11) is 1.91. The molecule has 0 radical (unpaired) electrons. The van der Waals surface area contributed by atoms with E-state index in [1.165, 1.54) is 25.7 Å². The Morgan fingerprint density at radius 2 is 2.12 bits per heavy atom. The van der Waals surface area contributed by atoms with Crippen LogP contribution < -0.4 is 5.32 Å². The van der Waals surface area contributed by atoms with Gasteiger partial charge in [-0.2, -0.15) is 5.10 Å². The first-order valence-corrected chi connectivity index (χ1v) is 9.23. The predicted octanol–water partition coefficient (Wildman–Crippen LogP) is 2.26. The van der Waals surface area contributed by atoms with Crippen LogP contribution in [0.3, 0.4) is 0 Å². The molecule has 3 fully saturated rings. The number of nitrogens with zero attached hydrogens (tertiary/aromatic N) is 3. The number of carbonyl (C=O) groups excluding carboxylic acids is 1. The maximum Gasteiger partial charge on any atom is 0.239 e. The number of aryl methyl sites for hydroxylation is 1. The van der Waals surface area contributed by atoms with E-state index in [4.69, 9.17) is 4.74 Å². The highest BCUT2D eigenvalue weighted by atomic mass is 35.5. The van der Waals surface area contributed by atoms with Crippen molar-refractivity contribution in [3.05, 3.63) is 18.0 Å². The number of morpholine rings is 1. The fourth-order valence-electron chi connectivity index (χ4n) is 4.66. The Bertz CT molecular complexity index is 612. The minimum Gasteiger partial charge on any atom is -0.367 e. The largest absolute Gasteiger partial charge is 0.367 e. The molecule has 2 aliphatic heterocycles. The number of amides is 1. The number of hydrogen-bond acceptors (Lipinski definition) is 4. The Kier molecular flexibility index (Phi) is 6.99. The highest BCUT2D eigenvalue weighted by Crippen LogP contribution is 2.35. The summed E-state index contributed by atoms with van der Waals surface area (Å²) < 4.78 is 7.82. The third-order valence-electron chi connectivity index (χ3n) is 6.06. The molecular formula is C18H30Cl2N4O2. The lowest BCUT2D eigenvalue weighted by Gasteiger charge is -2.41. The highest BCUT2D eigenvalue weighted by Gasteiger charge is 2.43. The quantitative estimate of drug-likeness (QED) is 0.820. The Morgan fingerprint density at radius 3 is 2.81 bits per heavy atom. The number of nitrogens with one attached hydrogen (secondary N) is 1. The lowest BCUT2D eigenvalue weighted by Crippen LogP contribution is -2.54. The zero-order valence-corrected chi connectivity index (χ0v) is 17.2. The zero-order chi connectivity index (χ0) is 16.7. The van der Waals surface area contributed by atoms with Crippen molar-refractivity contribution in [3.8, 4) is 0 Å². The van der Waals surface area contributed by atoms with Crippen molar-refractivity contribution in [1.29, 1.82) is 0 Å². The number of carbonyl (C=O) groups is 1. The number of ether oxygens (including phenoxy) is 1. The molecule has 3 aliphatic rings. The minimum absolute atomic E-state index is 0. The van der Waals surface area contributed by atoms with Gasteiger partial charge in [-0.25, -0.2) is 0 Å². The number of fused-ring (bicyclic) bond motifs is 1. The van der Waals surface area contributed by atoms with Crippen LogP contribution in [0.2, 0.25) is 0 Å². The Balaban J connectivity index is 0.00000121. The molecule has 4 atom stereocenters. The van der Waals surface area contributed by atoms with Crippen LogP contribution in [0.25, 0.3) is 0 Å². The third kappa shape index (κ3) is 4.03. The second-order valence-corrected chi connectivity index (χ2v) is 7.85. The summed E-state index contributed by atoms with van der Waals surface area (Å²) in [5.41, 5.74) is 0.573. The normalized spacial score (nSPS) is 33.8. The third-order valence-corrected chi connectivity index (χ3v) is 6.06. The van der Waals surface area contributed by atoms with Gasteiger partial charge in [0.2, 0.25) is 5.91 Å². The number of rotatable bonds is 2. The average molecular weight is 405 g/mol. The zero-order valence-electron chi connectivity index (χ0n) is 15.5. The molecule has 4 rings (SSSR count). The molecular weight excluding hydrogens is 375 g/mol. The standard InChI is InChI=1S/C18H28N4O2.2ClH/c1-18(14-10-19-21(2)11-14)12-22(7-8-24-18)17(23)16-9-13-5-3-4-6-15(13)20-16;;/h10-11,13,15-16,20H,3-9,12H2,1-2H3;2*1H. The van der Waals surface area contributed by atoms with E-state index >= 15 is 0 Å². The van der Waals surface area contributed by atoms with E-state index in [9.17, 15) is 4.79 Å². The molecule has 1 saturated carbocycles. The highest BCUT2D eigenvalue weighted by molar-refractivity contribution is 5.85. The van der Waals surface area contributed by atoms with Crippen molar-refractivity contribution in [2.75, 3.05) is 19.7 Å². The van der Waals surface area contributed by atoms with Gasteiger partial charge in [0, 0.05) is 31.4 Å². The van der Waals surface area contributed by atoms with E-state index in [0.717, 1.165) is 12.0 Å². The number of aromatic nitrogens is 2. The second-order valence-electron chi connectivity index (χ2n) is 7.85. The second kappa shape index (κ2) is 8.46. The van der Waals surface area contributed by atoms with Gasteiger partial charge in [0.25, 0.3) is 0 Å². The summed E-state index contributed by atoms with van der Waals surface area (Å²) in [6.45, 7) is 3.93. The molecule has 4 unspecified atom stereocenters. The van der Waals surface area contributed by atoms with Gasteiger partial charge >= 0.3 is 0 Å². The number of halogens is 2. The lowest BCUT2D eigenvalue weighted by atomic mass is 9.85. The van der Waals surface area contributed by atoms with Crippen molar-refractivity contribution in [2.24, 2.45) is 13.0 Å². The molecule has 6 nitrogen and oxygen atoms in total. The molecule has 0 bridgehead atoms. The van der Waals surface area contributed by atoms with Crippen LogP contribution >= 0.6 is 24.8 Å². The van der Waals surface area contributed by atoms with Gasteiger partial charge in [-0.1, -0.05) is 12.8 Å². The molecule has 8 heteroatoms. The first-order valence-electron chi connectivity index (χ1n) is 9.23. The summed E-state index contributed by atoms with van der Waals surface area (Å²) in [6.07, 6.45) is 9.95. The molecule has 3 heterocycles. The van der Waals surface area contributed by atoms with E-state index in [-0.39, 0.29) is 36.8 Å².